The lowest BCUT2D eigenvalue weighted by molar-refractivity contribution is 0.0580. The topological polar surface area (TPSA) is 79.9 Å². The fraction of sp³-hybridized carbons (Fsp3) is 0.786. The molecule has 0 radical (unpaired) electrons. The maximum atomic E-state index is 11.9. The molecule has 2 rings (SSSR count). The van der Waals surface area contributed by atoms with E-state index >= 15 is 0 Å². The molecule has 0 aliphatic heterocycles. The maximum Gasteiger partial charge on any atom is 0.291 e. The van der Waals surface area contributed by atoms with Crippen LogP contribution in [0.2, 0.25) is 0 Å². The summed E-state index contributed by atoms with van der Waals surface area (Å²) in [5.74, 6) is 0.646. The molecule has 0 bridgehead atoms. The lowest BCUT2D eigenvalue weighted by Gasteiger charge is -2.12. The van der Waals surface area contributed by atoms with Crippen molar-refractivity contribution in [3.63, 3.8) is 0 Å². The van der Waals surface area contributed by atoms with E-state index in [0.717, 1.165) is 12.8 Å². The normalized spacial score (nSPS) is 16.6. The van der Waals surface area contributed by atoms with Crippen molar-refractivity contribution in [1.82, 2.24) is 20.5 Å². The molecule has 1 heterocycles. The van der Waals surface area contributed by atoms with Crippen molar-refractivity contribution in [3.8, 4) is 0 Å². The molecule has 1 aliphatic rings. The molecule has 1 amide bonds. The Morgan fingerprint density at radius 1 is 1.40 bits per heavy atom. The van der Waals surface area contributed by atoms with Gasteiger partial charge in [-0.3, -0.25) is 9.89 Å². The second-order valence-electron chi connectivity index (χ2n) is 6.29. The van der Waals surface area contributed by atoms with Crippen LogP contribution in [0.4, 0.5) is 0 Å². The van der Waals surface area contributed by atoms with E-state index in [1.807, 2.05) is 20.8 Å². The van der Waals surface area contributed by atoms with Gasteiger partial charge in [0.05, 0.1) is 12.7 Å². The number of hydrogen-bond acceptors (Lipinski definition) is 4. The SMILES string of the molecule is CC(C)(C)c1nc(C(=O)NCCOC2CCCC2)n[nH]1. The second-order valence-corrected chi connectivity index (χ2v) is 6.29. The van der Waals surface area contributed by atoms with E-state index in [0.29, 0.717) is 25.1 Å². The van der Waals surface area contributed by atoms with Crippen LogP contribution in [-0.2, 0) is 10.2 Å². The van der Waals surface area contributed by atoms with Crippen LogP contribution in [-0.4, -0.2) is 40.3 Å². The first-order valence-corrected chi connectivity index (χ1v) is 7.29. The lowest BCUT2D eigenvalue weighted by atomic mass is 9.96. The van der Waals surface area contributed by atoms with E-state index in [4.69, 9.17) is 4.74 Å². The highest BCUT2D eigenvalue weighted by molar-refractivity contribution is 5.90. The molecule has 1 aromatic rings. The Balaban J connectivity index is 1.72. The molecule has 0 atom stereocenters. The molecular formula is C14H24N4O2. The number of nitrogens with one attached hydrogen (secondary N) is 2. The fourth-order valence-electron chi connectivity index (χ4n) is 2.22. The Morgan fingerprint density at radius 3 is 2.70 bits per heavy atom. The number of nitrogens with zero attached hydrogens (tertiary/aromatic N) is 2. The van der Waals surface area contributed by atoms with Gasteiger partial charge < -0.3 is 10.1 Å². The van der Waals surface area contributed by atoms with Crippen LogP contribution >= 0.6 is 0 Å². The van der Waals surface area contributed by atoms with Crippen molar-refractivity contribution in [1.29, 1.82) is 0 Å². The van der Waals surface area contributed by atoms with Crippen LogP contribution < -0.4 is 5.32 Å². The van der Waals surface area contributed by atoms with Crippen LogP contribution in [0.5, 0.6) is 0 Å². The molecule has 1 fully saturated rings. The number of ether oxygens (including phenoxy) is 1. The summed E-state index contributed by atoms with van der Waals surface area (Å²) >= 11 is 0. The quantitative estimate of drug-likeness (QED) is 0.806. The third-order valence-corrected chi connectivity index (χ3v) is 3.44. The number of aromatic amines is 1. The Hall–Kier alpha value is -1.43. The van der Waals surface area contributed by atoms with Crippen molar-refractivity contribution >= 4 is 5.91 Å². The largest absolute Gasteiger partial charge is 0.376 e. The zero-order valence-corrected chi connectivity index (χ0v) is 12.5. The molecule has 1 aliphatic carbocycles. The molecule has 0 unspecified atom stereocenters. The molecular weight excluding hydrogens is 256 g/mol. The van der Waals surface area contributed by atoms with E-state index in [1.54, 1.807) is 0 Å². The Morgan fingerprint density at radius 2 is 2.10 bits per heavy atom. The highest BCUT2D eigenvalue weighted by atomic mass is 16.5. The van der Waals surface area contributed by atoms with Crippen LogP contribution in [0.1, 0.15) is 62.9 Å². The van der Waals surface area contributed by atoms with Crippen LogP contribution in [0, 0.1) is 0 Å². The molecule has 6 nitrogen and oxygen atoms in total. The van der Waals surface area contributed by atoms with Crippen molar-refractivity contribution < 1.29 is 9.53 Å². The highest BCUT2D eigenvalue weighted by Crippen LogP contribution is 2.20. The number of aromatic nitrogens is 3. The Bertz CT molecular complexity index is 444. The van der Waals surface area contributed by atoms with Crippen LogP contribution in [0.25, 0.3) is 0 Å². The van der Waals surface area contributed by atoms with Crippen molar-refractivity contribution in [3.05, 3.63) is 11.6 Å². The number of carbonyl (C=O) groups excluding carboxylic acids is 1. The predicted molar refractivity (Wildman–Crippen MR) is 75.6 cm³/mol. The summed E-state index contributed by atoms with van der Waals surface area (Å²) < 4.78 is 5.69. The molecule has 0 spiro atoms. The number of rotatable bonds is 5. The third-order valence-electron chi connectivity index (χ3n) is 3.44. The Kier molecular flexibility index (Phi) is 4.75. The first kappa shape index (κ1) is 15.0. The first-order valence-electron chi connectivity index (χ1n) is 7.29. The van der Waals surface area contributed by atoms with Gasteiger partial charge in [-0.1, -0.05) is 33.6 Å². The van der Waals surface area contributed by atoms with E-state index in [2.05, 4.69) is 20.5 Å². The van der Waals surface area contributed by atoms with E-state index < -0.39 is 0 Å². The molecule has 6 heteroatoms. The van der Waals surface area contributed by atoms with Gasteiger partial charge in [0.1, 0.15) is 5.82 Å². The average molecular weight is 280 g/mol. The summed E-state index contributed by atoms with van der Waals surface area (Å²) in [5, 5.41) is 9.54. The number of carbonyl (C=O) groups is 1. The summed E-state index contributed by atoms with van der Waals surface area (Å²) in [7, 11) is 0. The minimum absolute atomic E-state index is 0.142. The number of hydrogen-bond donors (Lipinski definition) is 2. The summed E-state index contributed by atoms with van der Waals surface area (Å²) in [6.45, 7) is 7.10. The number of H-pyrrole nitrogens is 1. The van der Waals surface area contributed by atoms with Gasteiger partial charge in [-0.15, -0.1) is 5.10 Å². The van der Waals surface area contributed by atoms with Gasteiger partial charge in [0.15, 0.2) is 0 Å². The molecule has 20 heavy (non-hydrogen) atoms. The smallest absolute Gasteiger partial charge is 0.291 e. The van der Waals surface area contributed by atoms with Gasteiger partial charge in [-0.2, -0.15) is 0 Å². The molecule has 0 saturated heterocycles. The monoisotopic (exact) mass is 280 g/mol. The molecule has 1 saturated carbocycles. The van der Waals surface area contributed by atoms with E-state index in [1.165, 1.54) is 12.8 Å². The summed E-state index contributed by atoms with van der Waals surface area (Å²) in [6.07, 6.45) is 5.17. The van der Waals surface area contributed by atoms with Gasteiger partial charge in [0.2, 0.25) is 5.82 Å². The standard InChI is InChI=1S/C14H24N4O2/c1-14(2,3)13-16-11(17-18-13)12(19)15-8-9-20-10-6-4-5-7-10/h10H,4-9H2,1-3H3,(H,15,19)(H,16,17,18). The fourth-order valence-corrected chi connectivity index (χ4v) is 2.22. The van der Waals surface area contributed by atoms with Crippen LogP contribution in [0.3, 0.4) is 0 Å². The number of amides is 1. The molecule has 1 aromatic heterocycles. The zero-order valence-electron chi connectivity index (χ0n) is 12.5. The minimum atomic E-state index is -0.258. The van der Waals surface area contributed by atoms with Gasteiger partial charge in [-0.25, -0.2) is 4.98 Å². The van der Waals surface area contributed by atoms with Crippen LogP contribution in [0.15, 0.2) is 0 Å². The predicted octanol–water partition coefficient (Wildman–Crippen LogP) is 1.79. The zero-order chi connectivity index (χ0) is 14.6. The average Bonchev–Trinajstić information content (AvgIpc) is 3.04. The van der Waals surface area contributed by atoms with Gasteiger partial charge in [0, 0.05) is 12.0 Å². The summed E-state index contributed by atoms with van der Waals surface area (Å²) in [5.41, 5.74) is -0.142. The third kappa shape index (κ3) is 4.03. The van der Waals surface area contributed by atoms with Crippen molar-refractivity contribution in [2.75, 3.05) is 13.2 Å². The summed E-state index contributed by atoms with van der Waals surface area (Å²) in [4.78, 5) is 16.1. The van der Waals surface area contributed by atoms with Gasteiger partial charge in [-0.05, 0) is 12.8 Å². The maximum absolute atomic E-state index is 11.9. The van der Waals surface area contributed by atoms with Crippen molar-refractivity contribution in [2.24, 2.45) is 0 Å². The molecule has 112 valence electrons. The first-order chi connectivity index (χ1) is 9.47. The van der Waals surface area contributed by atoms with Gasteiger partial charge >= 0.3 is 0 Å². The Labute approximate surface area is 119 Å². The summed E-state index contributed by atoms with van der Waals surface area (Å²) in [6, 6.07) is 0. The van der Waals surface area contributed by atoms with Crippen molar-refractivity contribution in [2.45, 2.75) is 58.0 Å². The highest BCUT2D eigenvalue weighted by Gasteiger charge is 2.21. The molecule has 2 N–H and O–H groups in total. The molecule has 0 aromatic carbocycles. The van der Waals surface area contributed by atoms with E-state index in [9.17, 15) is 4.79 Å². The van der Waals surface area contributed by atoms with E-state index in [-0.39, 0.29) is 17.1 Å². The van der Waals surface area contributed by atoms with Gasteiger partial charge in [0.25, 0.3) is 5.91 Å². The second kappa shape index (κ2) is 6.35. The minimum Gasteiger partial charge on any atom is -0.376 e. The lowest BCUT2D eigenvalue weighted by Crippen LogP contribution is -2.29.